The predicted molar refractivity (Wildman–Crippen MR) is 84.0 cm³/mol. The van der Waals surface area contributed by atoms with Crippen LogP contribution in [0.15, 0.2) is 44.7 Å². The van der Waals surface area contributed by atoms with Gasteiger partial charge in [0.1, 0.15) is 22.7 Å². The molecular formula is C14H20N4O3S. The van der Waals surface area contributed by atoms with Gasteiger partial charge in [-0.3, -0.25) is 0 Å². The molecule has 0 spiro atoms. The van der Waals surface area contributed by atoms with Crippen LogP contribution in [0.25, 0.3) is 0 Å². The highest BCUT2D eigenvalue weighted by atomic mass is 32.2. The molecule has 0 aliphatic carbocycles. The van der Waals surface area contributed by atoms with Crippen LogP contribution in [0.2, 0.25) is 0 Å². The maximum atomic E-state index is 12.5. The number of nitrogens with zero attached hydrogens (tertiary/aromatic N) is 4. The van der Waals surface area contributed by atoms with Gasteiger partial charge in [-0.25, -0.2) is 13.4 Å². The average molecular weight is 324 g/mol. The van der Waals surface area contributed by atoms with Crippen molar-refractivity contribution < 1.29 is 12.9 Å². The molecule has 120 valence electrons. The van der Waals surface area contributed by atoms with Gasteiger partial charge in [0.2, 0.25) is 10.0 Å². The molecule has 2 heterocycles. The molecule has 2 rings (SSSR count). The lowest BCUT2D eigenvalue weighted by atomic mass is 10.3. The fourth-order valence-electron chi connectivity index (χ4n) is 2.27. The molecule has 7 nitrogen and oxygen atoms in total. The van der Waals surface area contributed by atoms with E-state index in [0.29, 0.717) is 31.9 Å². The van der Waals surface area contributed by atoms with Gasteiger partial charge in [-0.15, -0.1) is 0 Å². The third-order valence-corrected chi connectivity index (χ3v) is 5.48. The van der Waals surface area contributed by atoms with E-state index in [2.05, 4.69) is 16.9 Å². The number of aryl methyl sites for hydroxylation is 1. The number of hydrogen-bond donors (Lipinski definition) is 0. The number of piperazine rings is 1. The normalized spacial score (nSPS) is 18.1. The maximum Gasteiger partial charge on any atom is 0.248 e. The Labute approximate surface area is 130 Å². The number of rotatable bonds is 5. The Morgan fingerprint density at radius 2 is 2.09 bits per heavy atom. The van der Waals surface area contributed by atoms with Gasteiger partial charge in [-0.2, -0.15) is 4.31 Å². The van der Waals surface area contributed by atoms with Gasteiger partial charge < -0.3 is 9.42 Å². The summed E-state index contributed by atoms with van der Waals surface area (Å²) in [6, 6.07) is 0. The van der Waals surface area contributed by atoms with Crippen LogP contribution in [0, 0.1) is 6.92 Å². The molecule has 1 saturated heterocycles. The summed E-state index contributed by atoms with van der Waals surface area (Å²) >= 11 is 0. The van der Waals surface area contributed by atoms with E-state index in [9.17, 15) is 8.42 Å². The lowest BCUT2D eigenvalue weighted by Gasteiger charge is -2.34. The second kappa shape index (κ2) is 6.89. The molecule has 0 N–H and O–H groups in total. The van der Waals surface area contributed by atoms with E-state index in [0.717, 1.165) is 5.82 Å². The molecule has 0 amide bonds. The van der Waals surface area contributed by atoms with Crippen molar-refractivity contribution in [2.24, 2.45) is 4.99 Å². The predicted octanol–water partition coefficient (Wildman–Crippen LogP) is 1.41. The third kappa shape index (κ3) is 3.28. The van der Waals surface area contributed by atoms with Gasteiger partial charge >= 0.3 is 0 Å². The molecule has 8 heteroatoms. The van der Waals surface area contributed by atoms with Crippen molar-refractivity contribution in [3.05, 3.63) is 36.0 Å². The highest BCUT2D eigenvalue weighted by molar-refractivity contribution is 7.89. The first-order valence-corrected chi connectivity index (χ1v) is 8.40. The molecule has 0 radical (unpaired) electrons. The minimum Gasteiger partial charge on any atom is -0.363 e. The summed E-state index contributed by atoms with van der Waals surface area (Å²) in [5.41, 5.74) is 0.379. The molecule has 0 unspecified atom stereocenters. The number of sulfonamides is 1. The molecule has 0 saturated carbocycles. The Kier molecular flexibility index (Phi) is 5.15. The first-order chi connectivity index (χ1) is 10.5. The quantitative estimate of drug-likeness (QED) is 0.604. The number of aromatic nitrogens is 1. The van der Waals surface area contributed by atoms with Crippen LogP contribution >= 0.6 is 0 Å². The molecule has 0 bridgehead atoms. The maximum absolute atomic E-state index is 12.5. The van der Waals surface area contributed by atoms with E-state index < -0.39 is 10.0 Å². The third-order valence-electron chi connectivity index (χ3n) is 3.49. The Hall–Kier alpha value is -1.93. The van der Waals surface area contributed by atoms with Crippen molar-refractivity contribution in [2.75, 3.05) is 26.2 Å². The van der Waals surface area contributed by atoms with Crippen molar-refractivity contribution in [3.63, 3.8) is 0 Å². The Morgan fingerprint density at radius 1 is 1.41 bits per heavy atom. The molecule has 1 aliphatic heterocycles. The van der Waals surface area contributed by atoms with E-state index in [1.807, 2.05) is 30.1 Å². The Bertz CT molecular complexity index is 683. The largest absolute Gasteiger partial charge is 0.363 e. The minimum absolute atomic E-state index is 0.132. The number of hydrogen-bond acceptors (Lipinski definition) is 6. The fraction of sp³-hybridized carbons (Fsp3) is 0.429. The standard InChI is InChI=1S/C14H20N4O3S/c1-4-5-6-14(15-3)17-7-9-18(10-8-17)22(19,20)13-11-21-16-12(13)2/h4-6,11H,3,7-10H2,1-2H3/b5-4-,14-6+. The van der Waals surface area contributed by atoms with Crippen LogP contribution in [0.1, 0.15) is 12.6 Å². The number of aliphatic imine (C=N–C) groups is 1. The SMILES string of the molecule is C=N/C(=C\C=C/C)N1CCN(S(=O)(=O)c2conc2C)CC1. The van der Waals surface area contributed by atoms with Gasteiger partial charge in [0.05, 0.1) is 0 Å². The molecule has 0 aromatic carbocycles. The highest BCUT2D eigenvalue weighted by Gasteiger charge is 2.31. The second-order valence-electron chi connectivity index (χ2n) is 4.86. The summed E-state index contributed by atoms with van der Waals surface area (Å²) in [5, 5.41) is 3.64. The average Bonchev–Trinajstić information content (AvgIpc) is 2.95. The van der Waals surface area contributed by atoms with E-state index >= 15 is 0 Å². The van der Waals surface area contributed by atoms with E-state index in [1.54, 1.807) is 6.92 Å². The number of allylic oxidation sites excluding steroid dienone is 3. The molecular weight excluding hydrogens is 304 g/mol. The van der Waals surface area contributed by atoms with Gasteiger partial charge in [0.25, 0.3) is 0 Å². The lowest BCUT2D eigenvalue weighted by molar-refractivity contribution is 0.227. The topological polar surface area (TPSA) is 79.0 Å². The molecule has 1 fully saturated rings. The zero-order valence-electron chi connectivity index (χ0n) is 12.8. The molecule has 1 aromatic rings. The summed E-state index contributed by atoms with van der Waals surface area (Å²) < 4.78 is 31.2. The first-order valence-electron chi connectivity index (χ1n) is 6.96. The Balaban J connectivity index is 2.09. The molecule has 1 aromatic heterocycles. The van der Waals surface area contributed by atoms with E-state index in [1.165, 1.54) is 10.6 Å². The molecule has 22 heavy (non-hydrogen) atoms. The summed E-state index contributed by atoms with van der Waals surface area (Å²) in [7, 11) is -3.55. The van der Waals surface area contributed by atoms with Crippen molar-refractivity contribution in [2.45, 2.75) is 18.7 Å². The summed E-state index contributed by atoms with van der Waals surface area (Å²) in [5.74, 6) is 0.747. The van der Waals surface area contributed by atoms with Crippen LogP contribution in [0.5, 0.6) is 0 Å². The fourth-order valence-corrected chi connectivity index (χ4v) is 3.77. The van der Waals surface area contributed by atoms with Crippen molar-refractivity contribution >= 4 is 16.7 Å². The van der Waals surface area contributed by atoms with Crippen LogP contribution < -0.4 is 0 Å². The zero-order valence-corrected chi connectivity index (χ0v) is 13.6. The van der Waals surface area contributed by atoms with Gasteiger partial charge in [-0.05, 0) is 26.6 Å². The molecule has 0 atom stereocenters. The first kappa shape index (κ1) is 16.4. The van der Waals surface area contributed by atoms with Crippen molar-refractivity contribution in [3.8, 4) is 0 Å². The van der Waals surface area contributed by atoms with Crippen LogP contribution in [-0.2, 0) is 10.0 Å². The van der Waals surface area contributed by atoms with Crippen LogP contribution in [-0.4, -0.2) is 55.7 Å². The van der Waals surface area contributed by atoms with Gasteiger partial charge in [0.15, 0.2) is 0 Å². The smallest absolute Gasteiger partial charge is 0.248 e. The van der Waals surface area contributed by atoms with Crippen LogP contribution in [0.4, 0.5) is 0 Å². The van der Waals surface area contributed by atoms with Crippen molar-refractivity contribution in [1.29, 1.82) is 0 Å². The van der Waals surface area contributed by atoms with E-state index in [-0.39, 0.29) is 4.90 Å². The van der Waals surface area contributed by atoms with E-state index in [4.69, 9.17) is 4.52 Å². The molecule has 1 aliphatic rings. The second-order valence-corrected chi connectivity index (χ2v) is 6.77. The van der Waals surface area contributed by atoms with Gasteiger partial charge in [-0.1, -0.05) is 17.3 Å². The lowest BCUT2D eigenvalue weighted by Crippen LogP contribution is -2.47. The van der Waals surface area contributed by atoms with Crippen molar-refractivity contribution in [1.82, 2.24) is 14.4 Å². The van der Waals surface area contributed by atoms with Crippen LogP contribution in [0.3, 0.4) is 0 Å². The summed E-state index contributed by atoms with van der Waals surface area (Å²) in [4.78, 5) is 6.14. The summed E-state index contributed by atoms with van der Waals surface area (Å²) in [6.45, 7) is 8.99. The zero-order chi connectivity index (χ0) is 16.2. The monoisotopic (exact) mass is 324 g/mol. The highest BCUT2D eigenvalue weighted by Crippen LogP contribution is 2.21. The Morgan fingerprint density at radius 3 is 2.59 bits per heavy atom. The van der Waals surface area contributed by atoms with Gasteiger partial charge in [0, 0.05) is 26.2 Å². The minimum atomic E-state index is -3.55. The summed E-state index contributed by atoms with van der Waals surface area (Å²) in [6.07, 6.45) is 6.83.